The lowest BCUT2D eigenvalue weighted by Gasteiger charge is -2.17. The van der Waals surface area contributed by atoms with Crippen molar-refractivity contribution in [2.75, 3.05) is 11.9 Å². The summed E-state index contributed by atoms with van der Waals surface area (Å²) in [6.07, 6.45) is 0. The standard InChI is InChI=1S/C17H19ClN2OS/c1-12-3-9-16(10-4-12)21-11-13(2)19-17(22)20-15-7-5-14(18)6-8-15/h3-10,13H,11H2,1-2H3,(H2,19,20,22)/t13-/m1/s1. The molecule has 0 radical (unpaired) electrons. The molecular weight excluding hydrogens is 316 g/mol. The van der Waals surface area contributed by atoms with Crippen LogP contribution in [0.25, 0.3) is 0 Å². The van der Waals surface area contributed by atoms with E-state index in [1.54, 1.807) is 0 Å². The van der Waals surface area contributed by atoms with Gasteiger partial charge in [-0.2, -0.15) is 0 Å². The van der Waals surface area contributed by atoms with E-state index < -0.39 is 0 Å². The molecule has 5 heteroatoms. The van der Waals surface area contributed by atoms with Crippen LogP contribution in [0, 0.1) is 6.92 Å². The summed E-state index contributed by atoms with van der Waals surface area (Å²) in [5.74, 6) is 0.857. The highest BCUT2D eigenvalue weighted by atomic mass is 35.5. The minimum Gasteiger partial charge on any atom is -0.491 e. The first-order valence-electron chi connectivity index (χ1n) is 7.05. The van der Waals surface area contributed by atoms with Crippen LogP contribution in [0.3, 0.4) is 0 Å². The Morgan fingerprint density at radius 3 is 2.41 bits per heavy atom. The second kappa shape index (κ2) is 8.01. The second-order valence-electron chi connectivity index (χ2n) is 5.13. The minimum absolute atomic E-state index is 0.0913. The van der Waals surface area contributed by atoms with Crippen LogP contribution in [0.4, 0.5) is 5.69 Å². The molecule has 2 N–H and O–H groups in total. The molecular formula is C17H19ClN2OS. The van der Waals surface area contributed by atoms with Crippen molar-refractivity contribution in [2.24, 2.45) is 0 Å². The van der Waals surface area contributed by atoms with E-state index in [1.807, 2.05) is 55.5 Å². The molecule has 1 atom stereocenters. The Labute approximate surface area is 141 Å². The molecule has 0 heterocycles. The van der Waals surface area contributed by atoms with Gasteiger partial charge in [-0.05, 0) is 62.5 Å². The number of hydrogen-bond acceptors (Lipinski definition) is 2. The van der Waals surface area contributed by atoms with E-state index >= 15 is 0 Å². The molecule has 22 heavy (non-hydrogen) atoms. The molecule has 116 valence electrons. The van der Waals surface area contributed by atoms with E-state index in [2.05, 4.69) is 17.6 Å². The number of hydrogen-bond donors (Lipinski definition) is 2. The molecule has 2 aromatic carbocycles. The van der Waals surface area contributed by atoms with Gasteiger partial charge in [-0.25, -0.2) is 0 Å². The van der Waals surface area contributed by atoms with Gasteiger partial charge in [0.05, 0.1) is 6.04 Å². The van der Waals surface area contributed by atoms with E-state index in [4.69, 9.17) is 28.6 Å². The van der Waals surface area contributed by atoms with Crippen LogP contribution in [0.15, 0.2) is 48.5 Å². The van der Waals surface area contributed by atoms with Crippen LogP contribution in [0.2, 0.25) is 5.02 Å². The predicted molar refractivity (Wildman–Crippen MR) is 96.9 cm³/mol. The van der Waals surface area contributed by atoms with Crippen LogP contribution in [0.1, 0.15) is 12.5 Å². The molecule has 0 fully saturated rings. The summed E-state index contributed by atoms with van der Waals surface area (Å²) in [4.78, 5) is 0. The summed E-state index contributed by atoms with van der Waals surface area (Å²) in [5, 5.41) is 7.55. The number of thiocarbonyl (C=S) groups is 1. The number of anilines is 1. The average molecular weight is 335 g/mol. The monoisotopic (exact) mass is 334 g/mol. The topological polar surface area (TPSA) is 33.3 Å². The molecule has 0 saturated heterocycles. The Morgan fingerprint density at radius 2 is 1.77 bits per heavy atom. The zero-order chi connectivity index (χ0) is 15.9. The van der Waals surface area contributed by atoms with Crippen molar-refractivity contribution in [3.63, 3.8) is 0 Å². The molecule has 0 aliphatic rings. The van der Waals surface area contributed by atoms with Gasteiger partial charge >= 0.3 is 0 Å². The molecule has 0 aliphatic carbocycles. The van der Waals surface area contributed by atoms with E-state index in [-0.39, 0.29) is 6.04 Å². The summed E-state index contributed by atoms with van der Waals surface area (Å²) in [5.41, 5.74) is 2.11. The fourth-order valence-corrected chi connectivity index (χ4v) is 2.27. The molecule has 0 spiro atoms. The maximum Gasteiger partial charge on any atom is 0.171 e. The Kier molecular flexibility index (Phi) is 6.04. The average Bonchev–Trinajstić information content (AvgIpc) is 2.49. The molecule has 0 amide bonds. The lowest BCUT2D eigenvalue weighted by Crippen LogP contribution is -2.39. The van der Waals surface area contributed by atoms with Crippen molar-refractivity contribution in [2.45, 2.75) is 19.9 Å². The molecule has 2 rings (SSSR count). The summed E-state index contributed by atoms with van der Waals surface area (Å²) < 4.78 is 5.72. The predicted octanol–water partition coefficient (Wildman–Crippen LogP) is 4.40. The van der Waals surface area contributed by atoms with E-state index in [0.29, 0.717) is 16.7 Å². The minimum atomic E-state index is 0.0913. The third-order valence-corrected chi connectivity index (χ3v) is 3.47. The van der Waals surface area contributed by atoms with Gasteiger partial charge < -0.3 is 15.4 Å². The number of benzene rings is 2. The highest BCUT2D eigenvalue weighted by Gasteiger charge is 2.05. The smallest absolute Gasteiger partial charge is 0.171 e. The number of aryl methyl sites for hydroxylation is 1. The van der Waals surface area contributed by atoms with Crippen molar-refractivity contribution in [3.05, 3.63) is 59.1 Å². The van der Waals surface area contributed by atoms with Gasteiger partial charge in [0.1, 0.15) is 12.4 Å². The Hall–Kier alpha value is -1.78. The third kappa shape index (κ3) is 5.54. The quantitative estimate of drug-likeness (QED) is 0.794. The van der Waals surface area contributed by atoms with Crippen LogP contribution in [-0.4, -0.2) is 17.8 Å². The Balaban J connectivity index is 1.76. The van der Waals surface area contributed by atoms with E-state index in [1.165, 1.54) is 5.56 Å². The summed E-state index contributed by atoms with van der Waals surface area (Å²) >= 11 is 11.1. The highest BCUT2D eigenvalue weighted by Crippen LogP contribution is 2.13. The first-order chi connectivity index (χ1) is 10.5. The van der Waals surface area contributed by atoms with Gasteiger partial charge in [-0.3, -0.25) is 0 Å². The fourth-order valence-electron chi connectivity index (χ4n) is 1.82. The SMILES string of the molecule is Cc1ccc(OC[C@@H](C)NC(=S)Nc2ccc(Cl)cc2)cc1. The van der Waals surface area contributed by atoms with Crippen molar-refractivity contribution < 1.29 is 4.74 Å². The maximum atomic E-state index is 5.85. The molecule has 0 saturated carbocycles. The van der Waals surface area contributed by atoms with E-state index in [9.17, 15) is 0 Å². The van der Waals surface area contributed by atoms with Gasteiger partial charge in [-0.1, -0.05) is 29.3 Å². The Bertz CT molecular complexity index is 614. The van der Waals surface area contributed by atoms with Gasteiger partial charge in [0.25, 0.3) is 0 Å². The lowest BCUT2D eigenvalue weighted by atomic mass is 10.2. The lowest BCUT2D eigenvalue weighted by molar-refractivity contribution is 0.287. The Morgan fingerprint density at radius 1 is 1.14 bits per heavy atom. The van der Waals surface area contributed by atoms with Crippen LogP contribution in [-0.2, 0) is 0 Å². The van der Waals surface area contributed by atoms with Crippen molar-refractivity contribution in [1.82, 2.24) is 5.32 Å². The molecule has 0 aliphatic heterocycles. The largest absolute Gasteiger partial charge is 0.491 e. The fraction of sp³-hybridized carbons (Fsp3) is 0.235. The second-order valence-corrected chi connectivity index (χ2v) is 5.98. The normalized spacial score (nSPS) is 11.6. The first-order valence-corrected chi connectivity index (χ1v) is 7.84. The zero-order valence-corrected chi connectivity index (χ0v) is 14.2. The maximum absolute atomic E-state index is 5.85. The van der Waals surface area contributed by atoms with Gasteiger partial charge in [-0.15, -0.1) is 0 Å². The molecule has 2 aromatic rings. The van der Waals surface area contributed by atoms with Crippen LogP contribution >= 0.6 is 23.8 Å². The third-order valence-electron chi connectivity index (χ3n) is 3.00. The van der Waals surface area contributed by atoms with Crippen molar-refractivity contribution in [3.8, 4) is 5.75 Å². The van der Waals surface area contributed by atoms with Crippen LogP contribution < -0.4 is 15.4 Å². The summed E-state index contributed by atoms with van der Waals surface area (Å²) in [7, 11) is 0. The van der Waals surface area contributed by atoms with Crippen molar-refractivity contribution >= 4 is 34.6 Å². The number of nitrogens with one attached hydrogen (secondary N) is 2. The number of rotatable bonds is 5. The molecule has 3 nitrogen and oxygen atoms in total. The van der Waals surface area contributed by atoms with E-state index in [0.717, 1.165) is 11.4 Å². The number of ether oxygens (including phenoxy) is 1. The molecule has 0 unspecified atom stereocenters. The summed E-state index contributed by atoms with van der Waals surface area (Å²) in [6.45, 7) is 4.60. The van der Waals surface area contributed by atoms with Crippen molar-refractivity contribution in [1.29, 1.82) is 0 Å². The zero-order valence-electron chi connectivity index (χ0n) is 12.6. The summed E-state index contributed by atoms with van der Waals surface area (Å²) in [6, 6.07) is 15.5. The molecule has 0 bridgehead atoms. The van der Waals surface area contributed by atoms with Gasteiger partial charge in [0.2, 0.25) is 0 Å². The van der Waals surface area contributed by atoms with Crippen LogP contribution in [0.5, 0.6) is 5.75 Å². The van der Waals surface area contributed by atoms with Gasteiger partial charge in [0.15, 0.2) is 5.11 Å². The van der Waals surface area contributed by atoms with Gasteiger partial charge in [0, 0.05) is 10.7 Å². The first kappa shape index (κ1) is 16.6. The highest BCUT2D eigenvalue weighted by molar-refractivity contribution is 7.80. The molecule has 0 aromatic heterocycles. The number of halogens is 1.